The number of aromatic nitrogens is 4. The predicted molar refractivity (Wildman–Crippen MR) is 91.5 cm³/mol. The van der Waals surface area contributed by atoms with Crippen molar-refractivity contribution in [2.24, 2.45) is 0 Å². The number of halogens is 2. The van der Waals surface area contributed by atoms with Crippen molar-refractivity contribution in [1.82, 2.24) is 24.9 Å². The summed E-state index contributed by atoms with van der Waals surface area (Å²) in [6.45, 7) is 5.61. The Bertz CT molecular complexity index is 826. The van der Waals surface area contributed by atoms with Crippen molar-refractivity contribution in [3.05, 3.63) is 65.7 Å². The minimum Gasteiger partial charge on any atom is -0.310 e. The summed E-state index contributed by atoms with van der Waals surface area (Å²) in [5.41, 5.74) is 2.07. The number of rotatable bonds is 7. The number of benzene rings is 1. The van der Waals surface area contributed by atoms with Crippen LogP contribution in [0.5, 0.6) is 0 Å². The van der Waals surface area contributed by atoms with Gasteiger partial charge in [0.15, 0.2) is 5.82 Å². The monoisotopic (exact) mass is 345 g/mol. The van der Waals surface area contributed by atoms with Gasteiger partial charge in [0.05, 0.1) is 6.20 Å². The maximum atomic E-state index is 14.0. The normalized spacial score (nSPS) is 12.5. The molecule has 132 valence electrons. The van der Waals surface area contributed by atoms with E-state index in [0.29, 0.717) is 0 Å². The van der Waals surface area contributed by atoms with Crippen molar-refractivity contribution in [2.45, 2.75) is 32.9 Å². The maximum absolute atomic E-state index is 14.0. The van der Waals surface area contributed by atoms with Gasteiger partial charge in [-0.2, -0.15) is 10.2 Å². The molecule has 2 aromatic heterocycles. The average Bonchev–Trinajstić information content (AvgIpc) is 3.22. The molecule has 25 heavy (non-hydrogen) atoms. The zero-order valence-electron chi connectivity index (χ0n) is 14.3. The highest BCUT2D eigenvalue weighted by molar-refractivity contribution is 5.37. The molecule has 0 fully saturated rings. The fraction of sp³-hybridized carbons (Fsp3) is 0.333. The van der Waals surface area contributed by atoms with Crippen LogP contribution in [0.1, 0.15) is 30.6 Å². The molecule has 0 bridgehead atoms. The molecule has 0 aliphatic carbocycles. The lowest BCUT2D eigenvalue weighted by atomic mass is 10.1. The Morgan fingerprint density at radius 3 is 2.80 bits per heavy atom. The summed E-state index contributed by atoms with van der Waals surface area (Å²) in [6.07, 6.45) is 6.38. The molecular weight excluding hydrogens is 324 g/mol. The van der Waals surface area contributed by atoms with Gasteiger partial charge in [0.2, 0.25) is 0 Å². The van der Waals surface area contributed by atoms with Gasteiger partial charge in [-0.1, -0.05) is 0 Å². The van der Waals surface area contributed by atoms with Crippen LogP contribution < -0.4 is 5.32 Å². The molecule has 0 aliphatic rings. The average molecular weight is 345 g/mol. The first-order valence-corrected chi connectivity index (χ1v) is 8.27. The minimum absolute atomic E-state index is 0.0786. The zero-order chi connectivity index (χ0) is 17.8. The van der Waals surface area contributed by atoms with E-state index in [1.807, 2.05) is 30.8 Å². The number of hydrogen-bond donors (Lipinski definition) is 1. The van der Waals surface area contributed by atoms with Crippen LogP contribution >= 0.6 is 0 Å². The molecule has 5 nitrogen and oxygen atoms in total. The van der Waals surface area contributed by atoms with Gasteiger partial charge in [-0.25, -0.2) is 13.5 Å². The Balaban J connectivity index is 1.63. The van der Waals surface area contributed by atoms with Crippen LogP contribution in [0.25, 0.3) is 5.69 Å². The van der Waals surface area contributed by atoms with Crippen LogP contribution in [0.2, 0.25) is 0 Å². The number of nitrogens with zero attached hydrogens (tertiary/aromatic N) is 4. The third kappa shape index (κ3) is 3.93. The summed E-state index contributed by atoms with van der Waals surface area (Å²) in [5.74, 6) is -1.23. The van der Waals surface area contributed by atoms with Crippen LogP contribution in [0, 0.1) is 18.6 Å². The van der Waals surface area contributed by atoms with Crippen molar-refractivity contribution >= 4 is 0 Å². The predicted octanol–water partition coefficient (Wildman–Crippen LogP) is 3.40. The summed E-state index contributed by atoms with van der Waals surface area (Å²) >= 11 is 0. The highest BCUT2D eigenvalue weighted by atomic mass is 19.1. The molecule has 2 heterocycles. The molecular formula is C18H21F2N5. The lowest BCUT2D eigenvalue weighted by Gasteiger charge is -2.14. The summed E-state index contributed by atoms with van der Waals surface area (Å²) in [4.78, 5) is 0. The van der Waals surface area contributed by atoms with Gasteiger partial charge < -0.3 is 5.32 Å². The summed E-state index contributed by atoms with van der Waals surface area (Å²) in [7, 11) is 0. The van der Waals surface area contributed by atoms with E-state index in [1.54, 1.807) is 12.4 Å². The highest BCUT2D eigenvalue weighted by Crippen LogP contribution is 2.22. The van der Waals surface area contributed by atoms with Gasteiger partial charge in [-0.05, 0) is 45.0 Å². The lowest BCUT2D eigenvalue weighted by molar-refractivity contribution is 0.505. The highest BCUT2D eigenvalue weighted by Gasteiger charge is 2.16. The Morgan fingerprint density at radius 1 is 1.24 bits per heavy atom. The summed E-state index contributed by atoms with van der Waals surface area (Å²) in [5, 5.41) is 11.9. The van der Waals surface area contributed by atoms with Crippen molar-refractivity contribution in [1.29, 1.82) is 0 Å². The fourth-order valence-corrected chi connectivity index (χ4v) is 2.85. The van der Waals surface area contributed by atoms with Crippen LogP contribution in [-0.2, 0) is 6.54 Å². The largest absolute Gasteiger partial charge is 0.310 e. The van der Waals surface area contributed by atoms with E-state index in [-0.39, 0.29) is 11.7 Å². The number of aryl methyl sites for hydroxylation is 1. The molecule has 0 spiro atoms. The van der Waals surface area contributed by atoms with E-state index in [0.717, 1.165) is 36.8 Å². The molecule has 3 rings (SSSR count). The van der Waals surface area contributed by atoms with E-state index in [4.69, 9.17) is 0 Å². The van der Waals surface area contributed by atoms with Gasteiger partial charge in [0, 0.05) is 42.3 Å². The van der Waals surface area contributed by atoms with Gasteiger partial charge in [-0.3, -0.25) is 4.68 Å². The third-order valence-corrected chi connectivity index (χ3v) is 4.23. The smallest absolute Gasteiger partial charge is 0.151 e. The van der Waals surface area contributed by atoms with E-state index in [9.17, 15) is 8.78 Å². The quantitative estimate of drug-likeness (QED) is 0.668. The number of hydrogen-bond acceptors (Lipinski definition) is 3. The van der Waals surface area contributed by atoms with Crippen LogP contribution in [0.4, 0.5) is 8.78 Å². The standard InChI is InChI=1S/C18H21F2N5/c1-13(21-7-3-9-24-10-4-8-22-24)16-12-23-25(14(16)2)18-6-5-15(19)11-17(18)20/h4-6,8,10-13,21H,3,7,9H2,1-2H3. The summed E-state index contributed by atoms with van der Waals surface area (Å²) < 4.78 is 30.5. The molecule has 0 aliphatic heterocycles. The first kappa shape index (κ1) is 17.3. The van der Waals surface area contributed by atoms with Crippen LogP contribution in [0.3, 0.4) is 0 Å². The van der Waals surface area contributed by atoms with Crippen molar-refractivity contribution in [2.75, 3.05) is 6.54 Å². The lowest BCUT2D eigenvalue weighted by Crippen LogP contribution is -2.21. The second-order valence-electron chi connectivity index (χ2n) is 5.99. The fourth-order valence-electron chi connectivity index (χ4n) is 2.85. The SMILES string of the molecule is Cc1c(C(C)NCCCn2cccn2)cnn1-c1ccc(F)cc1F. The third-order valence-electron chi connectivity index (χ3n) is 4.23. The Morgan fingerprint density at radius 2 is 2.08 bits per heavy atom. The van der Waals surface area contributed by atoms with Gasteiger partial charge in [0.1, 0.15) is 11.5 Å². The molecule has 0 saturated carbocycles. The van der Waals surface area contributed by atoms with E-state index in [1.165, 1.54) is 16.8 Å². The van der Waals surface area contributed by atoms with Crippen molar-refractivity contribution < 1.29 is 8.78 Å². The molecule has 3 aromatic rings. The van der Waals surface area contributed by atoms with Gasteiger partial charge >= 0.3 is 0 Å². The molecule has 1 aromatic carbocycles. The van der Waals surface area contributed by atoms with Gasteiger partial charge in [0.25, 0.3) is 0 Å². The molecule has 0 amide bonds. The Labute approximate surface area is 145 Å². The van der Waals surface area contributed by atoms with E-state index >= 15 is 0 Å². The first-order chi connectivity index (χ1) is 12.1. The van der Waals surface area contributed by atoms with Gasteiger partial charge in [-0.15, -0.1) is 0 Å². The second kappa shape index (κ2) is 7.57. The maximum Gasteiger partial charge on any atom is 0.151 e. The summed E-state index contributed by atoms with van der Waals surface area (Å²) in [6, 6.07) is 5.48. The molecule has 7 heteroatoms. The minimum atomic E-state index is -0.627. The Kier molecular flexibility index (Phi) is 5.23. The van der Waals surface area contributed by atoms with Crippen molar-refractivity contribution in [3.63, 3.8) is 0 Å². The first-order valence-electron chi connectivity index (χ1n) is 8.27. The van der Waals surface area contributed by atoms with E-state index in [2.05, 4.69) is 15.5 Å². The van der Waals surface area contributed by atoms with E-state index < -0.39 is 11.6 Å². The molecule has 1 unspecified atom stereocenters. The second-order valence-corrected chi connectivity index (χ2v) is 5.99. The molecule has 0 saturated heterocycles. The molecule has 1 N–H and O–H groups in total. The molecule has 1 atom stereocenters. The molecule has 0 radical (unpaired) electrons. The number of nitrogens with one attached hydrogen (secondary N) is 1. The topological polar surface area (TPSA) is 47.7 Å². The Hall–Kier alpha value is -2.54. The van der Waals surface area contributed by atoms with Crippen molar-refractivity contribution in [3.8, 4) is 5.69 Å². The zero-order valence-corrected chi connectivity index (χ0v) is 14.3. The van der Waals surface area contributed by atoms with Crippen LogP contribution in [0.15, 0.2) is 42.9 Å². The van der Waals surface area contributed by atoms with Crippen LogP contribution in [-0.4, -0.2) is 26.1 Å².